The minimum Gasteiger partial charge on any atom is -0.491 e. The van der Waals surface area contributed by atoms with Crippen molar-refractivity contribution < 1.29 is 13.9 Å². The number of carbonyl (C=O) groups excluding carboxylic acids is 1. The summed E-state index contributed by atoms with van der Waals surface area (Å²) in [6, 6.07) is 6.54. The summed E-state index contributed by atoms with van der Waals surface area (Å²) < 4.78 is 21.0. The maximum Gasteiger partial charge on any atom is 0.179 e. The largest absolute Gasteiger partial charge is 0.491 e. The first kappa shape index (κ1) is 15.6. The lowest BCUT2D eigenvalue weighted by Crippen LogP contribution is -2.05. The smallest absolute Gasteiger partial charge is 0.179 e. The van der Waals surface area contributed by atoms with Crippen molar-refractivity contribution in [3.63, 3.8) is 0 Å². The van der Waals surface area contributed by atoms with Gasteiger partial charge in [0.05, 0.1) is 12.5 Å². The first-order valence-electron chi connectivity index (χ1n) is 6.70. The van der Waals surface area contributed by atoms with Crippen molar-refractivity contribution in [1.82, 2.24) is 4.57 Å². The number of aryl methyl sites for hydroxylation is 1. The highest BCUT2D eigenvalue weighted by molar-refractivity contribution is 6.30. The van der Waals surface area contributed by atoms with Gasteiger partial charge in [0.2, 0.25) is 0 Å². The molecule has 0 saturated heterocycles. The second kappa shape index (κ2) is 6.31. The molecule has 1 aromatic heterocycles. The second-order valence-electron chi connectivity index (χ2n) is 4.72. The molecule has 112 valence electrons. The fourth-order valence-electron chi connectivity index (χ4n) is 2.42. The van der Waals surface area contributed by atoms with Crippen LogP contribution in [0.2, 0.25) is 0 Å². The molecular formula is C16H17ClFNO2. The van der Waals surface area contributed by atoms with E-state index in [4.69, 9.17) is 16.3 Å². The molecule has 0 aliphatic carbocycles. The van der Waals surface area contributed by atoms with Gasteiger partial charge in [-0.15, -0.1) is 11.6 Å². The molecule has 0 spiro atoms. The predicted octanol–water partition coefficient (Wildman–Crippen LogP) is 4.05. The predicted molar refractivity (Wildman–Crippen MR) is 81.4 cm³/mol. The van der Waals surface area contributed by atoms with Crippen molar-refractivity contribution in [2.75, 3.05) is 12.5 Å². The van der Waals surface area contributed by atoms with E-state index in [-0.39, 0.29) is 17.4 Å². The van der Waals surface area contributed by atoms with Crippen LogP contribution < -0.4 is 4.74 Å². The number of aromatic nitrogens is 1. The van der Waals surface area contributed by atoms with E-state index in [1.165, 1.54) is 6.07 Å². The van der Waals surface area contributed by atoms with Crippen molar-refractivity contribution in [2.45, 2.75) is 20.8 Å². The monoisotopic (exact) mass is 309 g/mol. The van der Waals surface area contributed by atoms with Crippen molar-refractivity contribution in [3.05, 3.63) is 47.0 Å². The molecule has 5 heteroatoms. The Bertz CT molecular complexity index is 679. The van der Waals surface area contributed by atoms with Crippen LogP contribution in [-0.4, -0.2) is 22.8 Å². The molecular weight excluding hydrogens is 293 g/mol. The molecule has 2 rings (SSSR count). The number of alkyl halides is 1. The number of Topliss-reactive ketones (excluding diaryl/α,β-unsaturated/α-hetero) is 1. The van der Waals surface area contributed by atoms with Gasteiger partial charge in [0.1, 0.15) is 0 Å². The van der Waals surface area contributed by atoms with E-state index in [0.717, 1.165) is 11.4 Å². The summed E-state index contributed by atoms with van der Waals surface area (Å²) in [7, 11) is 0. The molecule has 0 unspecified atom stereocenters. The molecule has 0 bridgehead atoms. The maximum atomic E-state index is 14.0. The molecule has 0 N–H and O–H groups in total. The molecule has 3 nitrogen and oxygen atoms in total. The average Bonchev–Trinajstić information content (AvgIpc) is 2.76. The van der Waals surface area contributed by atoms with Gasteiger partial charge in [-0.3, -0.25) is 4.79 Å². The molecule has 0 radical (unpaired) electrons. The summed E-state index contributed by atoms with van der Waals surface area (Å²) in [5, 5.41) is 0. The lowest BCUT2D eigenvalue weighted by atomic mass is 10.2. The summed E-state index contributed by atoms with van der Waals surface area (Å²) in [6.07, 6.45) is 0. The third kappa shape index (κ3) is 2.95. The van der Waals surface area contributed by atoms with Gasteiger partial charge < -0.3 is 9.30 Å². The molecule has 0 fully saturated rings. The Labute approximate surface area is 128 Å². The van der Waals surface area contributed by atoms with Crippen LogP contribution in [0.15, 0.2) is 24.3 Å². The van der Waals surface area contributed by atoms with Crippen LogP contribution in [0.1, 0.15) is 28.7 Å². The highest BCUT2D eigenvalue weighted by atomic mass is 35.5. The first-order chi connectivity index (χ1) is 9.99. The summed E-state index contributed by atoms with van der Waals surface area (Å²) in [5.74, 6) is -0.405. The van der Waals surface area contributed by atoms with Gasteiger partial charge in [-0.1, -0.05) is 0 Å². The van der Waals surface area contributed by atoms with Crippen LogP contribution in [0.5, 0.6) is 5.75 Å². The molecule has 1 aromatic carbocycles. The molecule has 2 aromatic rings. The zero-order chi connectivity index (χ0) is 15.6. The number of hydrogen-bond donors (Lipinski definition) is 0. The van der Waals surface area contributed by atoms with Crippen LogP contribution in [0.25, 0.3) is 5.69 Å². The topological polar surface area (TPSA) is 31.2 Å². The lowest BCUT2D eigenvalue weighted by molar-refractivity contribution is 0.102. The minimum absolute atomic E-state index is 0.0675. The van der Waals surface area contributed by atoms with Crippen LogP contribution in [0.4, 0.5) is 4.39 Å². The van der Waals surface area contributed by atoms with E-state index in [1.54, 1.807) is 25.1 Å². The Hall–Kier alpha value is -1.81. The number of nitrogens with zero attached hydrogens (tertiary/aromatic N) is 1. The summed E-state index contributed by atoms with van der Waals surface area (Å²) in [5.41, 5.74) is 2.82. The highest BCUT2D eigenvalue weighted by Crippen LogP contribution is 2.25. The number of halogens is 2. The fourth-order valence-corrected chi connectivity index (χ4v) is 2.56. The van der Waals surface area contributed by atoms with E-state index in [2.05, 4.69) is 0 Å². The molecule has 0 amide bonds. The zero-order valence-electron chi connectivity index (χ0n) is 12.2. The van der Waals surface area contributed by atoms with E-state index in [1.807, 2.05) is 18.4 Å². The average molecular weight is 310 g/mol. The molecule has 0 aliphatic heterocycles. The Balaban J connectivity index is 2.50. The zero-order valence-corrected chi connectivity index (χ0v) is 13.0. The molecule has 21 heavy (non-hydrogen) atoms. The third-order valence-corrected chi connectivity index (χ3v) is 3.57. The normalized spacial score (nSPS) is 10.7. The van der Waals surface area contributed by atoms with Crippen LogP contribution >= 0.6 is 11.6 Å². The van der Waals surface area contributed by atoms with E-state index in [0.29, 0.717) is 17.9 Å². The van der Waals surface area contributed by atoms with E-state index < -0.39 is 5.82 Å². The molecule has 1 heterocycles. The fraction of sp³-hybridized carbons (Fsp3) is 0.312. The number of carbonyl (C=O) groups is 1. The van der Waals surface area contributed by atoms with Crippen molar-refractivity contribution in [1.29, 1.82) is 0 Å². The lowest BCUT2D eigenvalue weighted by Gasteiger charge is -2.12. The van der Waals surface area contributed by atoms with Gasteiger partial charge >= 0.3 is 0 Å². The standard InChI is InChI=1S/C16H17ClFNO2/c1-4-21-16-6-5-12(8-14(16)18)19-10(2)7-13(11(19)3)15(20)9-17/h5-8H,4,9H2,1-3H3. The highest BCUT2D eigenvalue weighted by Gasteiger charge is 2.16. The van der Waals surface area contributed by atoms with Crippen molar-refractivity contribution >= 4 is 17.4 Å². The first-order valence-corrected chi connectivity index (χ1v) is 7.23. The van der Waals surface area contributed by atoms with Gasteiger partial charge in [0.15, 0.2) is 17.3 Å². The summed E-state index contributed by atoms with van der Waals surface area (Å²) in [6.45, 7) is 5.90. The number of benzene rings is 1. The van der Waals surface area contributed by atoms with Crippen LogP contribution in [0, 0.1) is 19.7 Å². The minimum atomic E-state index is -0.424. The molecule has 0 aliphatic rings. The van der Waals surface area contributed by atoms with Gasteiger partial charge in [-0.25, -0.2) is 4.39 Å². The van der Waals surface area contributed by atoms with Gasteiger partial charge in [0.25, 0.3) is 0 Å². The second-order valence-corrected chi connectivity index (χ2v) is 4.99. The quantitative estimate of drug-likeness (QED) is 0.616. The Kier molecular flexibility index (Phi) is 4.68. The Morgan fingerprint density at radius 1 is 1.33 bits per heavy atom. The van der Waals surface area contributed by atoms with Crippen LogP contribution in [0.3, 0.4) is 0 Å². The Morgan fingerprint density at radius 2 is 2.05 bits per heavy atom. The van der Waals surface area contributed by atoms with E-state index >= 15 is 0 Å². The number of ketones is 1. The number of rotatable bonds is 5. The molecule has 0 atom stereocenters. The van der Waals surface area contributed by atoms with Crippen molar-refractivity contribution in [2.24, 2.45) is 0 Å². The van der Waals surface area contributed by atoms with Crippen LogP contribution in [-0.2, 0) is 0 Å². The third-order valence-electron chi connectivity index (χ3n) is 3.33. The van der Waals surface area contributed by atoms with Gasteiger partial charge in [-0.2, -0.15) is 0 Å². The number of hydrogen-bond acceptors (Lipinski definition) is 2. The summed E-state index contributed by atoms with van der Waals surface area (Å²) in [4.78, 5) is 11.8. The van der Waals surface area contributed by atoms with Gasteiger partial charge in [0, 0.05) is 28.7 Å². The Morgan fingerprint density at radius 3 is 2.62 bits per heavy atom. The molecule has 0 saturated carbocycles. The SMILES string of the molecule is CCOc1ccc(-n2c(C)cc(C(=O)CCl)c2C)cc1F. The van der Waals surface area contributed by atoms with Gasteiger partial charge in [-0.05, 0) is 39.0 Å². The maximum absolute atomic E-state index is 14.0. The summed E-state index contributed by atoms with van der Waals surface area (Å²) >= 11 is 5.61. The van der Waals surface area contributed by atoms with E-state index in [9.17, 15) is 9.18 Å². The van der Waals surface area contributed by atoms with Crippen molar-refractivity contribution in [3.8, 4) is 11.4 Å². The number of ether oxygens (including phenoxy) is 1.